The van der Waals surface area contributed by atoms with Crippen LogP contribution in [0, 0.1) is 17.7 Å². The van der Waals surface area contributed by atoms with Crippen LogP contribution in [0.2, 0.25) is 0 Å². The van der Waals surface area contributed by atoms with Crippen LogP contribution in [-0.4, -0.2) is 10.7 Å². The van der Waals surface area contributed by atoms with Gasteiger partial charge in [0.1, 0.15) is 5.82 Å². The van der Waals surface area contributed by atoms with Crippen molar-refractivity contribution in [1.29, 1.82) is 0 Å². The van der Waals surface area contributed by atoms with E-state index < -0.39 is 5.60 Å². The fourth-order valence-corrected chi connectivity index (χ4v) is 3.40. The topological polar surface area (TPSA) is 20.2 Å². The standard InChI is InChI=1S/C15H20BrFO/c1-10-4-3-7-15(18,11(10)2)9-12-8-13(16)5-6-14(12)17/h5-6,8,10-11,18H,3-4,7,9H2,1-2H3. The molecule has 3 unspecified atom stereocenters. The lowest BCUT2D eigenvalue weighted by Gasteiger charge is -2.42. The fraction of sp³-hybridized carbons (Fsp3) is 0.600. The summed E-state index contributed by atoms with van der Waals surface area (Å²) in [5.41, 5.74) is -0.160. The molecular weight excluding hydrogens is 295 g/mol. The van der Waals surface area contributed by atoms with E-state index in [0.717, 1.165) is 23.7 Å². The third kappa shape index (κ3) is 2.77. The molecular formula is C15H20BrFO. The number of hydrogen-bond acceptors (Lipinski definition) is 1. The highest BCUT2D eigenvalue weighted by Gasteiger charge is 2.40. The Morgan fingerprint density at radius 1 is 1.44 bits per heavy atom. The summed E-state index contributed by atoms with van der Waals surface area (Å²) in [5.74, 6) is 0.487. The maximum absolute atomic E-state index is 13.8. The Morgan fingerprint density at radius 2 is 2.17 bits per heavy atom. The monoisotopic (exact) mass is 314 g/mol. The second-order valence-electron chi connectivity index (χ2n) is 5.67. The Kier molecular flexibility index (Phi) is 4.12. The second-order valence-corrected chi connectivity index (χ2v) is 6.59. The van der Waals surface area contributed by atoms with Crippen LogP contribution in [0.3, 0.4) is 0 Å². The largest absolute Gasteiger partial charge is 0.389 e. The van der Waals surface area contributed by atoms with Gasteiger partial charge in [-0.15, -0.1) is 0 Å². The summed E-state index contributed by atoms with van der Waals surface area (Å²) in [6.07, 6.45) is 3.36. The molecule has 1 aromatic carbocycles. The quantitative estimate of drug-likeness (QED) is 0.862. The van der Waals surface area contributed by atoms with Gasteiger partial charge in [0.15, 0.2) is 0 Å². The fourth-order valence-electron chi connectivity index (χ4n) is 3.00. The highest BCUT2D eigenvalue weighted by atomic mass is 79.9. The van der Waals surface area contributed by atoms with E-state index in [0.29, 0.717) is 17.9 Å². The molecule has 0 saturated heterocycles. The van der Waals surface area contributed by atoms with Gasteiger partial charge in [0.05, 0.1) is 5.60 Å². The zero-order chi connectivity index (χ0) is 13.3. The van der Waals surface area contributed by atoms with E-state index in [2.05, 4.69) is 29.8 Å². The normalized spacial score (nSPS) is 32.5. The highest BCUT2D eigenvalue weighted by molar-refractivity contribution is 9.10. The summed E-state index contributed by atoms with van der Waals surface area (Å²) in [6.45, 7) is 4.26. The Bertz CT molecular complexity index is 435. The molecule has 1 N–H and O–H groups in total. The molecule has 3 heteroatoms. The molecule has 0 radical (unpaired) electrons. The lowest BCUT2D eigenvalue weighted by molar-refractivity contribution is -0.0625. The van der Waals surface area contributed by atoms with E-state index >= 15 is 0 Å². The number of halogens is 2. The van der Waals surface area contributed by atoms with Gasteiger partial charge in [-0.1, -0.05) is 42.6 Å². The van der Waals surface area contributed by atoms with Gasteiger partial charge in [0.2, 0.25) is 0 Å². The van der Waals surface area contributed by atoms with E-state index in [1.54, 1.807) is 12.1 Å². The second kappa shape index (κ2) is 5.30. The van der Waals surface area contributed by atoms with Crippen LogP contribution in [0.1, 0.15) is 38.7 Å². The third-order valence-electron chi connectivity index (χ3n) is 4.47. The molecule has 1 aromatic rings. The summed E-state index contributed by atoms with van der Waals surface area (Å²) < 4.78 is 14.6. The van der Waals surface area contributed by atoms with E-state index in [9.17, 15) is 9.50 Å². The Labute approximate surface area is 117 Å². The molecule has 1 aliphatic carbocycles. The first-order valence-electron chi connectivity index (χ1n) is 6.59. The SMILES string of the molecule is CC1CCCC(O)(Cc2cc(Br)ccc2F)C1C. The van der Waals surface area contributed by atoms with Gasteiger partial charge < -0.3 is 5.11 Å². The summed E-state index contributed by atoms with van der Waals surface area (Å²) in [4.78, 5) is 0. The van der Waals surface area contributed by atoms with Crippen LogP contribution in [-0.2, 0) is 6.42 Å². The van der Waals surface area contributed by atoms with Gasteiger partial charge >= 0.3 is 0 Å². The molecule has 0 aliphatic heterocycles. The molecule has 100 valence electrons. The summed E-state index contributed by atoms with van der Waals surface area (Å²) in [6, 6.07) is 4.93. The lowest BCUT2D eigenvalue weighted by Crippen LogP contribution is -2.45. The molecule has 2 rings (SSSR count). The molecule has 18 heavy (non-hydrogen) atoms. The molecule has 0 heterocycles. The van der Waals surface area contributed by atoms with Crippen LogP contribution < -0.4 is 0 Å². The van der Waals surface area contributed by atoms with Gasteiger partial charge in [-0.25, -0.2) is 4.39 Å². The summed E-state index contributed by atoms with van der Waals surface area (Å²) in [5, 5.41) is 10.8. The number of benzene rings is 1. The number of hydrogen-bond donors (Lipinski definition) is 1. The summed E-state index contributed by atoms with van der Waals surface area (Å²) >= 11 is 3.36. The number of aliphatic hydroxyl groups is 1. The first-order valence-corrected chi connectivity index (χ1v) is 7.38. The minimum Gasteiger partial charge on any atom is -0.389 e. The molecule has 1 aliphatic rings. The number of rotatable bonds is 2. The molecule has 0 amide bonds. The lowest BCUT2D eigenvalue weighted by atomic mass is 9.68. The van der Waals surface area contributed by atoms with Gasteiger partial charge in [-0.05, 0) is 42.0 Å². The predicted octanol–water partition coefficient (Wildman–Crippen LogP) is 4.32. The van der Waals surface area contributed by atoms with Crippen molar-refractivity contribution in [2.24, 2.45) is 11.8 Å². The molecule has 1 saturated carbocycles. The van der Waals surface area contributed by atoms with Gasteiger partial charge in [-0.3, -0.25) is 0 Å². The van der Waals surface area contributed by atoms with Crippen molar-refractivity contribution in [3.63, 3.8) is 0 Å². The van der Waals surface area contributed by atoms with Crippen molar-refractivity contribution in [2.75, 3.05) is 0 Å². The van der Waals surface area contributed by atoms with Crippen LogP contribution >= 0.6 is 15.9 Å². The van der Waals surface area contributed by atoms with Gasteiger partial charge in [-0.2, -0.15) is 0 Å². The van der Waals surface area contributed by atoms with E-state index in [4.69, 9.17) is 0 Å². The average Bonchev–Trinajstić information content (AvgIpc) is 2.31. The first-order chi connectivity index (χ1) is 8.42. The maximum atomic E-state index is 13.8. The minimum atomic E-state index is -0.765. The van der Waals surface area contributed by atoms with Crippen molar-refractivity contribution >= 4 is 15.9 Å². The van der Waals surface area contributed by atoms with Crippen LogP contribution in [0.4, 0.5) is 4.39 Å². The molecule has 1 nitrogen and oxygen atoms in total. The van der Waals surface area contributed by atoms with Crippen molar-refractivity contribution in [3.05, 3.63) is 34.1 Å². The molecule has 0 bridgehead atoms. The van der Waals surface area contributed by atoms with E-state index in [-0.39, 0.29) is 11.7 Å². The summed E-state index contributed by atoms with van der Waals surface area (Å²) in [7, 11) is 0. The minimum absolute atomic E-state index is 0.213. The van der Waals surface area contributed by atoms with Crippen LogP contribution in [0.5, 0.6) is 0 Å². The zero-order valence-electron chi connectivity index (χ0n) is 10.9. The first kappa shape index (κ1) is 14.0. The predicted molar refractivity (Wildman–Crippen MR) is 74.9 cm³/mol. The average molecular weight is 315 g/mol. The Balaban J connectivity index is 2.23. The van der Waals surface area contributed by atoms with Crippen molar-refractivity contribution in [3.8, 4) is 0 Å². The third-order valence-corrected chi connectivity index (χ3v) is 4.97. The Morgan fingerprint density at radius 3 is 2.89 bits per heavy atom. The zero-order valence-corrected chi connectivity index (χ0v) is 12.5. The Hall–Kier alpha value is -0.410. The van der Waals surface area contributed by atoms with Crippen molar-refractivity contribution in [1.82, 2.24) is 0 Å². The molecule has 1 fully saturated rings. The maximum Gasteiger partial charge on any atom is 0.126 e. The van der Waals surface area contributed by atoms with Gasteiger partial charge in [0.25, 0.3) is 0 Å². The molecule has 3 atom stereocenters. The van der Waals surface area contributed by atoms with E-state index in [1.807, 2.05) is 0 Å². The molecule has 0 aromatic heterocycles. The van der Waals surface area contributed by atoms with Crippen molar-refractivity contribution < 1.29 is 9.50 Å². The van der Waals surface area contributed by atoms with Crippen LogP contribution in [0.25, 0.3) is 0 Å². The van der Waals surface area contributed by atoms with Gasteiger partial charge in [0, 0.05) is 10.9 Å². The van der Waals surface area contributed by atoms with E-state index in [1.165, 1.54) is 6.07 Å². The highest BCUT2D eigenvalue weighted by Crippen LogP contribution is 2.40. The smallest absolute Gasteiger partial charge is 0.126 e. The molecule has 0 spiro atoms. The van der Waals surface area contributed by atoms with Crippen molar-refractivity contribution in [2.45, 2.75) is 45.1 Å². The van der Waals surface area contributed by atoms with Crippen LogP contribution in [0.15, 0.2) is 22.7 Å².